The van der Waals surface area contributed by atoms with Crippen molar-refractivity contribution in [1.82, 2.24) is 0 Å². The average Bonchev–Trinajstić information content (AvgIpc) is 2.89. The van der Waals surface area contributed by atoms with Crippen LogP contribution in [0.3, 0.4) is 0 Å². The molecule has 0 aliphatic carbocycles. The van der Waals surface area contributed by atoms with Gasteiger partial charge in [0.1, 0.15) is 24.4 Å². The molecule has 0 spiro atoms. The highest BCUT2D eigenvalue weighted by Crippen LogP contribution is 2.42. The second kappa shape index (κ2) is 4.38. The SMILES string of the molecule is COC1O[C@H]([C@H]2COC(C)(C)O2)[C@H]2OC(C)(C)O[C@@H]12. The molecule has 0 bridgehead atoms. The smallest absolute Gasteiger partial charge is 0.186 e. The summed E-state index contributed by atoms with van der Waals surface area (Å²) < 4.78 is 34.5. The van der Waals surface area contributed by atoms with E-state index in [1.54, 1.807) is 7.11 Å². The fourth-order valence-corrected chi connectivity index (χ4v) is 2.96. The van der Waals surface area contributed by atoms with Gasteiger partial charge in [0.15, 0.2) is 17.9 Å². The maximum atomic E-state index is 5.94. The van der Waals surface area contributed by atoms with Crippen LogP contribution in [0.4, 0.5) is 0 Å². The van der Waals surface area contributed by atoms with Gasteiger partial charge < -0.3 is 28.4 Å². The molecule has 3 aliphatic rings. The molecule has 3 heterocycles. The summed E-state index contributed by atoms with van der Waals surface area (Å²) in [6, 6.07) is 0. The van der Waals surface area contributed by atoms with Gasteiger partial charge in [-0.25, -0.2) is 0 Å². The first-order chi connectivity index (χ1) is 8.81. The van der Waals surface area contributed by atoms with Crippen LogP contribution in [0, 0.1) is 0 Å². The zero-order chi connectivity index (χ0) is 13.8. The van der Waals surface area contributed by atoms with Crippen molar-refractivity contribution in [1.29, 1.82) is 0 Å². The van der Waals surface area contributed by atoms with Crippen LogP contribution < -0.4 is 0 Å². The average molecular weight is 274 g/mol. The first kappa shape index (κ1) is 13.7. The molecule has 3 saturated heterocycles. The Bertz CT molecular complexity index is 355. The molecule has 0 aromatic rings. The molecule has 110 valence electrons. The molecule has 0 saturated carbocycles. The van der Waals surface area contributed by atoms with E-state index >= 15 is 0 Å². The van der Waals surface area contributed by atoms with Crippen LogP contribution in [-0.4, -0.2) is 56.0 Å². The van der Waals surface area contributed by atoms with Crippen molar-refractivity contribution in [2.24, 2.45) is 0 Å². The van der Waals surface area contributed by atoms with Crippen molar-refractivity contribution in [3.63, 3.8) is 0 Å². The van der Waals surface area contributed by atoms with Crippen molar-refractivity contribution >= 4 is 0 Å². The predicted octanol–water partition coefficient (Wildman–Crippen LogP) is 1.03. The Hall–Kier alpha value is -0.240. The second-order valence-electron chi connectivity index (χ2n) is 6.14. The first-order valence-electron chi connectivity index (χ1n) is 6.67. The number of ether oxygens (including phenoxy) is 6. The maximum Gasteiger partial charge on any atom is 0.186 e. The Labute approximate surface area is 113 Å². The van der Waals surface area contributed by atoms with Crippen LogP contribution in [0.5, 0.6) is 0 Å². The fraction of sp³-hybridized carbons (Fsp3) is 1.00. The number of rotatable bonds is 2. The lowest BCUT2D eigenvalue weighted by molar-refractivity contribution is -0.241. The van der Waals surface area contributed by atoms with E-state index < -0.39 is 17.9 Å². The van der Waals surface area contributed by atoms with Crippen molar-refractivity contribution in [3.8, 4) is 0 Å². The minimum Gasteiger partial charge on any atom is -0.353 e. The molecule has 6 heteroatoms. The number of fused-ring (bicyclic) bond motifs is 1. The molecule has 0 amide bonds. The molecule has 0 N–H and O–H groups in total. The third kappa shape index (κ3) is 2.41. The van der Waals surface area contributed by atoms with Gasteiger partial charge in [-0.05, 0) is 27.7 Å². The highest BCUT2D eigenvalue weighted by atomic mass is 16.8. The Morgan fingerprint density at radius 3 is 2.16 bits per heavy atom. The summed E-state index contributed by atoms with van der Waals surface area (Å²) in [5, 5.41) is 0. The quantitative estimate of drug-likeness (QED) is 0.749. The summed E-state index contributed by atoms with van der Waals surface area (Å²) in [7, 11) is 1.61. The zero-order valence-corrected chi connectivity index (χ0v) is 12.0. The van der Waals surface area contributed by atoms with E-state index in [9.17, 15) is 0 Å². The molecule has 6 nitrogen and oxygen atoms in total. The van der Waals surface area contributed by atoms with Gasteiger partial charge in [0.2, 0.25) is 0 Å². The maximum absolute atomic E-state index is 5.94. The van der Waals surface area contributed by atoms with E-state index in [1.807, 2.05) is 27.7 Å². The van der Waals surface area contributed by atoms with Gasteiger partial charge >= 0.3 is 0 Å². The van der Waals surface area contributed by atoms with Crippen LogP contribution in [0.1, 0.15) is 27.7 Å². The van der Waals surface area contributed by atoms with Gasteiger partial charge in [0.25, 0.3) is 0 Å². The van der Waals surface area contributed by atoms with Crippen molar-refractivity contribution in [3.05, 3.63) is 0 Å². The molecule has 3 fully saturated rings. The summed E-state index contributed by atoms with van der Waals surface area (Å²) >= 11 is 0. The Morgan fingerprint density at radius 1 is 0.895 bits per heavy atom. The van der Waals surface area contributed by atoms with Crippen molar-refractivity contribution < 1.29 is 28.4 Å². The molecule has 3 aliphatic heterocycles. The lowest BCUT2D eigenvalue weighted by atomic mass is 10.1. The minimum atomic E-state index is -0.622. The van der Waals surface area contributed by atoms with Gasteiger partial charge in [0, 0.05) is 7.11 Å². The number of methoxy groups -OCH3 is 1. The Kier molecular flexibility index (Phi) is 3.16. The largest absolute Gasteiger partial charge is 0.353 e. The van der Waals surface area contributed by atoms with E-state index in [2.05, 4.69) is 0 Å². The van der Waals surface area contributed by atoms with Crippen LogP contribution in [-0.2, 0) is 28.4 Å². The van der Waals surface area contributed by atoms with Gasteiger partial charge in [0.05, 0.1) is 6.61 Å². The molecule has 0 aromatic carbocycles. The summed E-state index contributed by atoms with van der Waals surface area (Å²) in [4.78, 5) is 0. The van der Waals surface area contributed by atoms with Gasteiger partial charge in [-0.3, -0.25) is 0 Å². The Morgan fingerprint density at radius 2 is 1.58 bits per heavy atom. The minimum absolute atomic E-state index is 0.167. The van der Waals surface area contributed by atoms with Crippen LogP contribution in [0.15, 0.2) is 0 Å². The molecular weight excluding hydrogens is 252 g/mol. The monoisotopic (exact) mass is 274 g/mol. The van der Waals surface area contributed by atoms with E-state index in [0.29, 0.717) is 6.61 Å². The lowest BCUT2D eigenvalue weighted by Crippen LogP contribution is -2.40. The molecule has 3 rings (SSSR count). The zero-order valence-electron chi connectivity index (χ0n) is 12.0. The first-order valence-corrected chi connectivity index (χ1v) is 6.67. The standard InChI is InChI=1S/C13H22O6/c1-12(2)15-6-7(17-12)8-9-10(11(14-5)16-8)19-13(3,4)18-9/h7-11H,6H2,1-5H3/t7-,8-,9-,10-,11?/m1/s1. The van der Waals surface area contributed by atoms with E-state index in [-0.39, 0.29) is 24.4 Å². The Balaban J connectivity index is 1.76. The van der Waals surface area contributed by atoms with Gasteiger partial charge in [-0.15, -0.1) is 0 Å². The van der Waals surface area contributed by atoms with E-state index in [4.69, 9.17) is 28.4 Å². The highest BCUT2D eigenvalue weighted by molar-refractivity contribution is 4.99. The van der Waals surface area contributed by atoms with Gasteiger partial charge in [-0.2, -0.15) is 0 Å². The fourth-order valence-electron chi connectivity index (χ4n) is 2.96. The molecule has 19 heavy (non-hydrogen) atoms. The summed E-state index contributed by atoms with van der Waals surface area (Å²) in [5.41, 5.74) is 0. The summed E-state index contributed by atoms with van der Waals surface area (Å²) in [5.74, 6) is -1.20. The molecule has 0 radical (unpaired) electrons. The van der Waals surface area contributed by atoms with E-state index in [0.717, 1.165) is 0 Å². The molecule has 0 aromatic heterocycles. The van der Waals surface area contributed by atoms with Crippen LogP contribution >= 0.6 is 0 Å². The van der Waals surface area contributed by atoms with Crippen LogP contribution in [0.25, 0.3) is 0 Å². The number of hydrogen-bond donors (Lipinski definition) is 0. The van der Waals surface area contributed by atoms with Gasteiger partial charge in [-0.1, -0.05) is 0 Å². The molecule has 5 atom stereocenters. The van der Waals surface area contributed by atoms with Crippen LogP contribution in [0.2, 0.25) is 0 Å². The number of hydrogen-bond acceptors (Lipinski definition) is 6. The van der Waals surface area contributed by atoms with Crippen molar-refractivity contribution in [2.75, 3.05) is 13.7 Å². The third-order valence-corrected chi connectivity index (χ3v) is 3.68. The topological polar surface area (TPSA) is 55.4 Å². The van der Waals surface area contributed by atoms with Crippen molar-refractivity contribution in [2.45, 2.75) is 70.0 Å². The summed E-state index contributed by atoms with van der Waals surface area (Å²) in [6.45, 7) is 8.06. The lowest BCUT2D eigenvalue weighted by Gasteiger charge is -2.26. The summed E-state index contributed by atoms with van der Waals surface area (Å²) in [6.07, 6.45) is -1.25. The normalized spacial score (nSPS) is 47.5. The molecule has 1 unspecified atom stereocenters. The highest BCUT2D eigenvalue weighted by Gasteiger charge is 2.59. The van der Waals surface area contributed by atoms with E-state index in [1.165, 1.54) is 0 Å². The molecular formula is C13H22O6. The third-order valence-electron chi connectivity index (χ3n) is 3.68. The predicted molar refractivity (Wildman–Crippen MR) is 64.4 cm³/mol. The second-order valence-corrected chi connectivity index (χ2v) is 6.14.